The van der Waals surface area contributed by atoms with Gasteiger partial charge in [-0.25, -0.2) is 4.98 Å². The molecule has 28 heavy (non-hydrogen) atoms. The third kappa shape index (κ3) is 4.74. The smallest absolute Gasteiger partial charge is 0.255 e. The molecule has 1 heterocycles. The third-order valence-electron chi connectivity index (χ3n) is 4.29. The maximum atomic E-state index is 12.6. The fourth-order valence-electron chi connectivity index (χ4n) is 2.71. The maximum absolute atomic E-state index is 12.6. The van der Waals surface area contributed by atoms with Crippen LogP contribution in [0, 0.1) is 11.3 Å². The first kappa shape index (κ1) is 19.1. The number of benzene rings is 2. The van der Waals surface area contributed by atoms with Gasteiger partial charge in [0.2, 0.25) is 0 Å². The van der Waals surface area contributed by atoms with Crippen LogP contribution in [0.25, 0.3) is 0 Å². The SMILES string of the molecule is CC(C)(C)c1ccc(NC(=O)c2ccnc(Nc3cccc(C#N)c3)c2)cc1. The van der Waals surface area contributed by atoms with E-state index in [1.165, 1.54) is 5.56 Å². The van der Waals surface area contributed by atoms with Gasteiger partial charge in [-0.05, 0) is 53.4 Å². The number of hydrogen-bond acceptors (Lipinski definition) is 4. The second kappa shape index (κ2) is 7.93. The van der Waals surface area contributed by atoms with E-state index in [0.717, 1.165) is 11.4 Å². The topological polar surface area (TPSA) is 77.8 Å². The molecule has 5 heteroatoms. The van der Waals surface area contributed by atoms with E-state index in [1.54, 1.807) is 36.5 Å². The molecule has 0 bridgehead atoms. The quantitative estimate of drug-likeness (QED) is 0.658. The summed E-state index contributed by atoms with van der Waals surface area (Å²) in [5.74, 6) is 0.325. The van der Waals surface area contributed by atoms with E-state index < -0.39 is 0 Å². The highest BCUT2D eigenvalue weighted by Crippen LogP contribution is 2.24. The zero-order valence-electron chi connectivity index (χ0n) is 16.2. The standard InChI is InChI=1S/C23H22N4O/c1-23(2,3)18-7-9-19(10-8-18)27-22(28)17-11-12-25-21(14-17)26-20-6-4-5-16(13-20)15-24/h4-14H,1-3H3,(H,25,26)(H,27,28). The fourth-order valence-corrected chi connectivity index (χ4v) is 2.71. The second-order valence-electron chi connectivity index (χ2n) is 7.53. The Bertz CT molecular complexity index is 1030. The lowest BCUT2D eigenvalue weighted by atomic mass is 9.87. The van der Waals surface area contributed by atoms with E-state index in [4.69, 9.17) is 5.26 Å². The predicted octanol–water partition coefficient (Wildman–Crippen LogP) is 5.25. The third-order valence-corrected chi connectivity index (χ3v) is 4.29. The summed E-state index contributed by atoms with van der Waals surface area (Å²) in [5, 5.41) is 15.0. The molecule has 0 saturated heterocycles. The molecule has 140 valence electrons. The highest BCUT2D eigenvalue weighted by atomic mass is 16.1. The van der Waals surface area contributed by atoms with Gasteiger partial charge in [-0.2, -0.15) is 5.26 Å². The monoisotopic (exact) mass is 370 g/mol. The Morgan fingerprint density at radius 1 is 1.00 bits per heavy atom. The maximum Gasteiger partial charge on any atom is 0.255 e. The minimum absolute atomic E-state index is 0.0665. The lowest BCUT2D eigenvalue weighted by Crippen LogP contribution is -2.14. The summed E-state index contributed by atoms with van der Waals surface area (Å²) in [4.78, 5) is 16.8. The van der Waals surface area contributed by atoms with Crippen LogP contribution in [-0.4, -0.2) is 10.9 Å². The summed E-state index contributed by atoms with van der Waals surface area (Å²) in [5.41, 5.74) is 3.80. The van der Waals surface area contributed by atoms with E-state index >= 15 is 0 Å². The molecule has 2 N–H and O–H groups in total. The molecule has 1 amide bonds. The Labute approximate surface area is 165 Å². The number of anilines is 3. The molecular weight excluding hydrogens is 348 g/mol. The molecule has 3 rings (SSSR count). The van der Waals surface area contributed by atoms with Crippen LogP contribution in [0.2, 0.25) is 0 Å². The largest absolute Gasteiger partial charge is 0.340 e. The van der Waals surface area contributed by atoms with E-state index in [2.05, 4.69) is 42.5 Å². The van der Waals surface area contributed by atoms with Gasteiger partial charge in [0.05, 0.1) is 11.6 Å². The molecule has 0 aliphatic rings. The zero-order chi connectivity index (χ0) is 20.1. The predicted molar refractivity (Wildman–Crippen MR) is 112 cm³/mol. The number of carbonyl (C=O) groups is 1. The second-order valence-corrected chi connectivity index (χ2v) is 7.53. The molecule has 0 radical (unpaired) electrons. The Morgan fingerprint density at radius 2 is 1.75 bits per heavy atom. The molecule has 1 aromatic heterocycles. The average Bonchev–Trinajstić information content (AvgIpc) is 2.68. The Balaban J connectivity index is 1.72. The zero-order valence-corrected chi connectivity index (χ0v) is 16.2. The van der Waals surface area contributed by atoms with Crippen LogP contribution in [0.5, 0.6) is 0 Å². The lowest BCUT2D eigenvalue weighted by Gasteiger charge is -2.19. The van der Waals surface area contributed by atoms with E-state index in [-0.39, 0.29) is 11.3 Å². The van der Waals surface area contributed by atoms with Gasteiger partial charge in [0, 0.05) is 23.1 Å². The normalized spacial score (nSPS) is 10.8. The van der Waals surface area contributed by atoms with Crippen molar-refractivity contribution >= 4 is 23.1 Å². The lowest BCUT2D eigenvalue weighted by molar-refractivity contribution is 0.102. The van der Waals surface area contributed by atoms with Crippen molar-refractivity contribution in [2.75, 3.05) is 10.6 Å². The fraction of sp³-hybridized carbons (Fsp3) is 0.174. The van der Waals surface area contributed by atoms with Gasteiger partial charge >= 0.3 is 0 Å². The van der Waals surface area contributed by atoms with Crippen LogP contribution < -0.4 is 10.6 Å². The summed E-state index contributed by atoms with van der Waals surface area (Å²) in [7, 11) is 0. The number of amides is 1. The summed E-state index contributed by atoms with van der Waals surface area (Å²) < 4.78 is 0. The van der Waals surface area contributed by atoms with Crippen LogP contribution in [-0.2, 0) is 5.41 Å². The molecule has 5 nitrogen and oxygen atoms in total. The first-order valence-corrected chi connectivity index (χ1v) is 9.00. The molecule has 0 aliphatic heterocycles. The van der Waals surface area contributed by atoms with E-state index in [9.17, 15) is 4.79 Å². The Kier molecular flexibility index (Phi) is 5.42. The molecule has 2 aromatic carbocycles. The van der Waals surface area contributed by atoms with Gasteiger partial charge in [-0.3, -0.25) is 4.79 Å². The summed E-state index contributed by atoms with van der Waals surface area (Å²) >= 11 is 0. The van der Waals surface area contributed by atoms with Crippen molar-refractivity contribution in [1.29, 1.82) is 5.26 Å². The van der Waals surface area contributed by atoms with E-state index in [0.29, 0.717) is 16.9 Å². The van der Waals surface area contributed by atoms with Gasteiger partial charge in [0.25, 0.3) is 5.91 Å². The highest BCUT2D eigenvalue weighted by molar-refractivity contribution is 6.04. The van der Waals surface area contributed by atoms with E-state index in [1.807, 2.05) is 30.3 Å². The summed E-state index contributed by atoms with van der Waals surface area (Å²) in [6, 6.07) is 20.4. The van der Waals surface area contributed by atoms with Crippen LogP contribution >= 0.6 is 0 Å². The van der Waals surface area contributed by atoms with Crippen molar-refractivity contribution in [2.45, 2.75) is 26.2 Å². The summed E-state index contributed by atoms with van der Waals surface area (Å²) in [6.45, 7) is 6.45. The number of hydrogen-bond donors (Lipinski definition) is 2. The number of carbonyl (C=O) groups excluding carboxylic acids is 1. The molecule has 0 aliphatic carbocycles. The van der Waals surface area contributed by atoms with Crippen LogP contribution in [0.3, 0.4) is 0 Å². The van der Waals surface area contributed by atoms with Gasteiger partial charge in [0.1, 0.15) is 5.82 Å². The first-order chi connectivity index (χ1) is 13.3. The first-order valence-electron chi connectivity index (χ1n) is 9.00. The molecular formula is C23H22N4O. The molecule has 0 atom stereocenters. The molecule has 0 saturated carbocycles. The van der Waals surface area contributed by atoms with Crippen molar-refractivity contribution in [3.63, 3.8) is 0 Å². The molecule has 0 fully saturated rings. The highest BCUT2D eigenvalue weighted by Gasteiger charge is 2.13. The number of nitrogens with one attached hydrogen (secondary N) is 2. The Morgan fingerprint density at radius 3 is 2.43 bits per heavy atom. The van der Waals surface area contributed by atoms with Crippen LogP contribution in [0.15, 0.2) is 66.9 Å². The summed E-state index contributed by atoms with van der Waals surface area (Å²) in [6.07, 6.45) is 1.58. The van der Waals surface area contributed by atoms with Gasteiger partial charge in [0.15, 0.2) is 0 Å². The number of nitrogens with zero attached hydrogens (tertiary/aromatic N) is 2. The van der Waals surface area contributed by atoms with Gasteiger partial charge in [-0.15, -0.1) is 0 Å². The van der Waals surface area contributed by atoms with Gasteiger partial charge < -0.3 is 10.6 Å². The molecule has 3 aromatic rings. The van der Waals surface area contributed by atoms with Crippen molar-refractivity contribution in [3.05, 3.63) is 83.6 Å². The molecule has 0 unspecified atom stereocenters. The van der Waals surface area contributed by atoms with Crippen molar-refractivity contribution in [1.82, 2.24) is 4.98 Å². The number of aromatic nitrogens is 1. The van der Waals surface area contributed by atoms with Gasteiger partial charge in [-0.1, -0.05) is 39.0 Å². The number of pyridine rings is 1. The van der Waals surface area contributed by atoms with Crippen molar-refractivity contribution in [3.8, 4) is 6.07 Å². The van der Waals surface area contributed by atoms with Crippen LogP contribution in [0.1, 0.15) is 42.3 Å². The molecule has 0 spiro atoms. The number of rotatable bonds is 4. The average molecular weight is 370 g/mol. The minimum Gasteiger partial charge on any atom is -0.340 e. The van der Waals surface area contributed by atoms with Crippen molar-refractivity contribution < 1.29 is 4.79 Å². The van der Waals surface area contributed by atoms with Crippen LogP contribution in [0.4, 0.5) is 17.2 Å². The van der Waals surface area contributed by atoms with Crippen molar-refractivity contribution in [2.24, 2.45) is 0 Å². The minimum atomic E-state index is -0.209. The number of nitriles is 1. The Hall–Kier alpha value is -3.65.